The molecule has 0 aliphatic carbocycles. The van der Waals surface area contributed by atoms with Crippen LogP contribution in [0.15, 0.2) is 24.1 Å². The highest BCUT2D eigenvalue weighted by molar-refractivity contribution is 8.77. The van der Waals surface area contributed by atoms with E-state index in [1.165, 1.54) is 0 Å². The van der Waals surface area contributed by atoms with E-state index in [0.717, 1.165) is 5.75 Å². The molecule has 0 aliphatic rings. The van der Waals surface area contributed by atoms with E-state index >= 15 is 0 Å². The van der Waals surface area contributed by atoms with Crippen LogP contribution < -0.4 is 0 Å². The van der Waals surface area contributed by atoms with Crippen LogP contribution in [0.3, 0.4) is 0 Å². The van der Waals surface area contributed by atoms with Gasteiger partial charge in [-0.15, -0.1) is 6.58 Å². The van der Waals surface area contributed by atoms with Crippen molar-refractivity contribution in [3.8, 4) is 0 Å². The second-order valence-electron chi connectivity index (χ2n) is 2.43. The molecule has 14 heavy (non-hydrogen) atoms. The largest absolute Gasteiger partial charge is 0.396 e. The van der Waals surface area contributed by atoms with Gasteiger partial charge in [-0.1, -0.05) is 33.7 Å². The SMILES string of the molecule is C=CCSS/C=C\CS(=O)CCCO. The predicted molar refractivity (Wildman–Crippen MR) is 69.0 cm³/mol. The lowest BCUT2D eigenvalue weighted by Crippen LogP contribution is -2.01. The molecule has 1 unspecified atom stereocenters. The fourth-order valence-electron chi connectivity index (χ4n) is 0.621. The average Bonchev–Trinajstić information content (AvgIpc) is 2.20. The molecular formula is C9H16O2S3. The summed E-state index contributed by atoms with van der Waals surface area (Å²) in [6.07, 6.45) is 4.39. The Hall–Kier alpha value is 0.290. The topological polar surface area (TPSA) is 37.3 Å². The Labute approximate surface area is 96.1 Å². The Bertz CT molecular complexity index is 192. The van der Waals surface area contributed by atoms with Crippen LogP contribution in [0.4, 0.5) is 0 Å². The smallest absolute Gasteiger partial charge is 0.0439 e. The van der Waals surface area contributed by atoms with Crippen molar-refractivity contribution in [3.05, 3.63) is 24.1 Å². The molecule has 0 amide bonds. The molecule has 0 aliphatic heterocycles. The van der Waals surface area contributed by atoms with Gasteiger partial charge >= 0.3 is 0 Å². The van der Waals surface area contributed by atoms with Crippen LogP contribution in [0.1, 0.15) is 6.42 Å². The number of hydrogen-bond donors (Lipinski definition) is 1. The zero-order chi connectivity index (χ0) is 10.6. The Kier molecular flexibility index (Phi) is 11.6. The highest BCUT2D eigenvalue weighted by atomic mass is 33.1. The summed E-state index contributed by atoms with van der Waals surface area (Å²) in [5, 5.41) is 10.5. The van der Waals surface area contributed by atoms with E-state index in [4.69, 9.17) is 5.11 Å². The number of hydrogen-bond acceptors (Lipinski definition) is 4. The molecule has 1 atom stereocenters. The maximum Gasteiger partial charge on any atom is 0.0439 e. The maximum atomic E-state index is 11.2. The van der Waals surface area contributed by atoms with Crippen molar-refractivity contribution >= 4 is 32.4 Å². The number of aliphatic hydroxyl groups is 1. The van der Waals surface area contributed by atoms with Crippen molar-refractivity contribution < 1.29 is 9.32 Å². The Morgan fingerprint density at radius 1 is 1.50 bits per heavy atom. The van der Waals surface area contributed by atoms with E-state index in [1.54, 1.807) is 21.6 Å². The minimum absolute atomic E-state index is 0.124. The molecule has 0 aromatic heterocycles. The van der Waals surface area contributed by atoms with Crippen molar-refractivity contribution in [3.63, 3.8) is 0 Å². The Morgan fingerprint density at radius 2 is 2.29 bits per heavy atom. The van der Waals surface area contributed by atoms with Crippen LogP contribution in [0.5, 0.6) is 0 Å². The van der Waals surface area contributed by atoms with E-state index in [9.17, 15) is 4.21 Å². The minimum atomic E-state index is -0.817. The number of aliphatic hydroxyl groups excluding tert-OH is 1. The summed E-state index contributed by atoms with van der Waals surface area (Å²) >= 11 is 0. The summed E-state index contributed by atoms with van der Waals surface area (Å²) in [5.74, 6) is 2.09. The lowest BCUT2D eigenvalue weighted by atomic mass is 10.5. The van der Waals surface area contributed by atoms with Gasteiger partial charge in [0.05, 0.1) is 0 Å². The molecule has 0 saturated carbocycles. The Balaban J connectivity index is 3.31. The van der Waals surface area contributed by atoms with E-state index in [2.05, 4.69) is 6.58 Å². The molecule has 0 aromatic rings. The molecule has 0 rings (SSSR count). The second kappa shape index (κ2) is 11.4. The van der Waals surface area contributed by atoms with E-state index in [0.29, 0.717) is 17.9 Å². The van der Waals surface area contributed by atoms with Crippen LogP contribution in [0, 0.1) is 0 Å². The zero-order valence-corrected chi connectivity index (χ0v) is 10.5. The molecule has 0 aromatic carbocycles. The summed E-state index contributed by atoms with van der Waals surface area (Å²) in [7, 11) is 2.50. The molecule has 0 bridgehead atoms. The van der Waals surface area contributed by atoms with Crippen LogP contribution in [-0.4, -0.2) is 33.2 Å². The molecule has 2 nitrogen and oxygen atoms in total. The van der Waals surface area contributed by atoms with Gasteiger partial charge < -0.3 is 5.11 Å². The van der Waals surface area contributed by atoms with Gasteiger partial charge in [0.1, 0.15) is 0 Å². The first kappa shape index (κ1) is 14.3. The predicted octanol–water partition coefficient (Wildman–Crippen LogP) is 2.20. The second-order valence-corrected chi connectivity index (χ2v) is 6.37. The normalized spacial score (nSPS) is 13.2. The van der Waals surface area contributed by atoms with Gasteiger partial charge in [-0.3, -0.25) is 4.21 Å². The minimum Gasteiger partial charge on any atom is -0.396 e. The zero-order valence-electron chi connectivity index (χ0n) is 8.05. The lowest BCUT2D eigenvalue weighted by Gasteiger charge is -1.95. The van der Waals surface area contributed by atoms with Crippen molar-refractivity contribution in [2.24, 2.45) is 0 Å². The van der Waals surface area contributed by atoms with Gasteiger partial charge in [0.15, 0.2) is 0 Å². The molecule has 1 N–H and O–H groups in total. The van der Waals surface area contributed by atoms with E-state index < -0.39 is 10.8 Å². The standard InChI is InChI=1S/C9H16O2S3/c1-2-6-12-13-7-4-9-14(11)8-3-5-10/h2,4,7,10H,1,3,5-6,8-9H2/b7-4-. The Morgan fingerprint density at radius 3 is 2.93 bits per heavy atom. The van der Waals surface area contributed by atoms with Crippen LogP contribution in [-0.2, 0) is 10.8 Å². The van der Waals surface area contributed by atoms with Gasteiger partial charge in [-0.25, -0.2) is 0 Å². The first-order valence-corrected chi connectivity index (χ1v) is 8.18. The summed E-state index contributed by atoms with van der Waals surface area (Å²) in [6, 6.07) is 0. The molecular weight excluding hydrogens is 236 g/mol. The van der Waals surface area contributed by atoms with E-state index in [1.807, 2.05) is 17.6 Å². The third kappa shape index (κ3) is 10.4. The molecule has 0 radical (unpaired) electrons. The fraction of sp³-hybridized carbons (Fsp3) is 0.556. The average molecular weight is 252 g/mol. The van der Waals surface area contributed by atoms with Gasteiger partial charge in [0.25, 0.3) is 0 Å². The third-order valence-corrected chi connectivity index (χ3v) is 4.49. The van der Waals surface area contributed by atoms with Crippen LogP contribution >= 0.6 is 21.6 Å². The fourth-order valence-corrected chi connectivity index (χ4v) is 3.10. The number of rotatable bonds is 9. The highest BCUT2D eigenvalue weighted by Gasteiger charge is 1.94. The van der Waals surface area contributed by atoms with Gasteiger partial charge in [0, 0.05) is 34.7 Å². The first-order chi connectivity index (χ1) is 6.81. The summed E-state index contributed by atoms with van der Waals surface area (Å²) in [6.45, 7) is 3.73. The van der Waals surface area contributed by atoms with Crippen molar-refractivity contribution in [1.29, 1.82) is 0 Å². The molecule has 5 heteroatoms. The highest BCUT2D eigenvalue weighted by Crippen LogP contribution is 2.21. The summed E-state index contributed by atoms with van der Waals surface area (Å²) in [5.41, 5.74) is 0. The lowest BCUT2D eigenvalue weighted by molar-refractivity contribution is 0.296. The third-order valence-electron chi connectivity index (χ3n) is 1.22. The van der Waals surface area contributed by atoms with Crippen molar-refractivity contribution in [2.45, 2.75) is 6.42 Å². The van der Waals surface area contributed by atoms with Gasteiger partial charge in [-0.05, 0) is 11.8 Å². The van der Waals surface area contributed by atoms with Crippen molar-refractivity contribution in [1.82, 2.24) is 0 Å². The molecule has 0 fully saturated rings. The maximum absolute atomic E-state index is 11.2. The molecule has 0 heterocycles. The van der Waals surface area contributed by atoms with Crippen LogP contribution in [0.25, 0.3) is 0 Å². The molecule has 82 valence electrons. The van der Waals surface area contributed by atoms with Gasteiger partial charge in [0.2, 0.25) is 0 Å². The van der Waals surface area contributed by atoms with Crippen LogP contribution in [0.2, 0.25) is 0 Å². The summed E-state index contributed by atoms with van der Waals surface area (Å²) in [4.78, 5) is 0. The quantitative estimate of drug-likeness (QED) is 0.388. The first-order valence-electron chi connectivity index (χ1n) is 4.31. The van der Waals surface area contributed by atoms with Crippen molar-refractivity contribution in [2.75, 3.05) is 23.9 Å². The van der Waals surface area contributed by atoms with Gasteiger partial charge in [-0.2, -0.15) is 0 Å². The molecule has 0 saturated heterocycles. The molecule has 0 spiro atoms. The monoisotopic (exact) mass is 252 g/mol. The van der Waals surface area contributed by atoms with E-state index in [-0.39, 0.29) is 6.61 Å². The summed E-state index contributed by atoms with van der Waals surface area (Å²) < 4.78 is 11.2.